The molecule has 0 aliphatic rings. The van der Waals surface area contributed by atoms with Gasteiger partial charge in [-0.15, -0.1) is 0 Å². The quantitative estimate of drug-likeness (QED) is 0.830. The fourth-order valence-corrected chi connectivity index (χ4v) is 1.95. The van der Waals surface area contributed by atoms with Crippen molar-refractivity contribution in [2.75, 3.05) is 17.2 Å². The molecule has 0 heterocycles. The van der Waals surface area contributed by atoms with Crippen molar-refractivity contribution in [1.29, 1.82) is 0 Å². The second kappa shape index (κ2) is 5.08. The maximum atomic E-state index is 13.3. The maximum Gasteiger partial charge on any atom is 0.125 e. The Balaban J connectivity index is 2.42. The molecule has 94 valence electrons. The highest BCUT2D eigenvalue weighted by Gasteiger charge is 2.08. The standard InChI is InChI=1S/C15H17FN2/c1-3-18(13-6-4-5-12(16)9-13)14-8-7-11(2)15(17)10-14/h4-10H,3,17H2,1-2H3. The number of nitrogen functional groups attached to an aromatic ring is 1. The van der Waals surface area contributed by atoms with Gasteiger partial charge < -0.3 is 10.6 Å². The van der Waals surface area contributed by atoms with E-state index in [9.17, 15) is 4.39 Å². The van der Waals surface area contributed by atoms with E-state index < -0.39 is 0 Å². The molecule has 0 saturated heterocycles. The Hall–Kier alpha value is -2.03. The number of aryl methyl sites for hydroxylation is 1. The number of hydrogen-bond donors (Lipinski definition) is 1. The van der Waals surface area contributed by atoms with Crippen LogP contribution in [0.2, 0.25) is 0 Å². The van der Waals surface area contributed by atoms with Crippen molar-refractivity contribution in [3.05, 3.63) is 53.8 Å². The summed E-state index contributed by atoms with van der Waals surface area (Å²) in [7, 11) is 0. The van der Waals surface area contributed by atoms with Crippen molar-refractivity contribution in [3.63, 3.8) is 0 Å². The van der Waals surface area contributed by atoms with Gasteiger partial charge in [0, 0.05) is 23.6 Å². The van der Waals surface area contributed by atoms with E-state index in [2.05, 4.69) is 0 Å². The Bertz CT molecular complexity index is 552. The fourth-order valence-electron chi connectivity index (χ4n) is 1.95. The van der Waals surface area contributed by atoms with Gasteiger partial charge >= 0.3 is 0 Å². The van der Waals surface area contributed by atoms with Crippen LogP contribution < -0.4 is 10.6 Å². The topological polar surface area (TPSA) is 29.3 Å². The Morgan fingerprint density at radius 3 is 2.44 bits per heavy atom. The van der Waals surface area contributed by atoms with E-state index in [4.69, 9.17) is 5.73 Å². The smallest absolute Gasteiger partial charge is 0.125 e. The van der Waals surface area contributed by atoms with E-state index in [1.165, 1.54) is 12.1 Å². The molecule has 0 atom stereocenters. The molecular weight excluding hydrogens is 227 g/mol. The zero-order valence-electron chi connectivity index (χ0n) is 10.7. The van der Waals surface area contributed by atoms with Gasteiger partial charge in [0.15, 0.2) is 0 Å². The molecule has 0 fully saturated rings. The lowest BCUT2D eigenvalue weighted by molar-refractivity contribution is 0.627. The highest BCUT2D eigenvalue weighted by atomic mass is 19.1. The minimum atomic E-state index is -0.231. The summed E-state index contributed by atoms with van der Waals surface area (Å²) in [5, 5.41) is 0. The summed E-state index contributed by atoms with van der Waals surface area (Å²) in [5.74, 6) is -0.231. The van der Waals surface area contributed by atoms with Gasteiger partial charge in [0.05, 0.1) is 0 Å². The third-order valence-corrected chi connectivity index (χ3v) is 3.01. The molecular formula is C15H17FN2. The predicted molar refractivity (Wildman–Crippen MR) is 74.7 cm³/mol. The summed E-state index contributed by atoms with van der Waals surface area (Å²) in [6.07, 6.45) is 0. The monoisotopic (exact) mass is 244 g/mol. The van der Waals surface area contributed by atoms with E-state index in [-0.39, 0.29) is 5.82 Å². The zero-order chi connectivity index (χ0) is 13.1. The fraction of sp³-hybridized carbons (Fsp3) is 0.200. The minimum Gasteiger partial charge on any atom is -0.398 e. The number of halogens is 1. The first-order valence-corrected chi connectivity index (χ1v) is 6.01. The van der Waals surface area contributed by atoms with E-state index in [0.717, 1.165) is 29.2 Å². The van der Waals surface area contributed by atoms with Gasteiger partial charge in [-0.05, 0) is 49.7 Å². The van der Waals surface area contributed by atoms with Gasteiger partial charge in [-0.1, -0.05) is 12.1 Å². The first kappa shape index (κ1) is 12.4. The lowest BCUT2D eigenvalue weighted by Crippen LogP contribution is -2.16. The first-order valence-electron chi connectivity index (χ1n) is 6.01. The van der Waals surface area contributed by atoms with Crippen LogP contribution >= 0.6 is 0 Å². The molecule has 0 aromatic heterocycles. The van der Waals surface area contributed by atoms with Crippen molar-refractivity contribution in [2.24, 2.45) is 0 Å². The number of nitrogens with zero attached hydrogens (tertiary/aromatic N) is 1. The van der Waals surface area contributed by atoms with E-state index in [1.54, 1.807) is 6.07 Å². The minimum absolute atomic E-state index is 0.231. The molecule has 0 aliphatic carbocycles. The molecule has 0 amide bonds. The van der Waals surface area contributed by atoms with Crippen LogP contribution in [0.15, 0.2) is 42.5 Å². The van der Waals surface area contributed by atoms with Gasteiger partial charge in [-0.3, -0.25) is 0 Å². The van der Waals surface area contributed by atoms with Crippen LogP contribution in [0.4, 0.5) is 21.5 Å². The second-order valence-electron chi connectivity index (χ2n) is 4.27. The molecule has 2 rings (SSSR count). The normalized spacial score (nSPS) is 10.4. The molecule has 0 aliphatic heterocycles. The van der Waals surface area contributed by atoms with Crippen molar-refractivity contribution in [2.45, 2.75) is 13.8 Å². The van der Waals surface area contributed by atoms with Crippen LogP contribution in [0.5, 0.6) is 0 Å². The van der Waals surface area contributed by atoms with E-state index >= 15 is 0 Å². The first-order chi connectivity index (χ1) is 8.61. The highest BCUT2D eigenvalue weighted by molar-refractivity contribution is 5.68. The average Bonchev–Trinajstić information content (AvgIpc) is 2.35. The highest BCUT2D eigenvalue weighted by Crippen LogP contribution is 2.28. The number of hydrogen-bond acceptors (Lipinski definition) is 2. The van der Waals surface area contributed by atoms with Crippen LogP contribution in [0.1, 0.15) is 12.5 Å². The number of anilines is 3. The molecule has 0 spiro atoms. The molecule has 0 radical (unpaired) electrons. The van der Waals surface area contributed by atoms with Crippen LogP contribution in [-0.4, -0.2) is 6.54 Å². The van der Waals surface area contributed by atoms with Crippen molar-refractivity contribution in [3.8, 4) is 0 Å². The maximum absolute atomic E-state index is 13.3. The molecule has 0 saturated carbocycles. The zero-order valence-corrected chi connectivity index (χ0v) is 10.7. The Morgan fingerprint density at radius 1 is 1.11 bits per heavy atom. The summed E-state index contributed by atoms with van der Waals surface area (Å²) in [5.41, 5.74) is 9.53. The van der Waals surface area contributed by atoms with Crippen molar-refractivity contribution in [1.82, 2.24) is 0 Å². The lowest BCUT2D eigenvalue weighted by atomic mass is 10.1. The largest absolute Gasteiger partial charge is 0.398 e. The SMILES string of the molecule is CCN(c1cccc(F)c1)c1ccc(C)c(N)c1. The van der Waals surface area contributed by atoms with Crippen LogP contribution in [0.25, 0.3) is 0 Å². The number of rotatable bonds is 3. The third-order valence-electron chi connectivity index (χ3n) is 3.01. The molecule has 2 aromatic carbocycles. The molecule has 0 bridgehead atoms. The second-order valence-corrected chi connectivity index (χ2v) is 4.27. The van der Waals surface area contributed by atoms with Crippen LogP contribution in [0.3, 0.4) is 0 Å². The van der Waals surface area contributed by atoms with Crippen molar-refractivity contribution >= 4 is 17.1 Å². The van der Waals surface area contributed by atoms with Crippen LogP contribution in [0, 0.1) is 12.7 Å². The van der Waals surface area contributed by atoms with Gasteiger partial charge in [0.1, 0.15) is 5.82 Å². The summed E-state index contributed by atoms with van der Waals surface area (Å²) in [6.45, 7) is 4.75. The van der Waals surface area contributed by atoms with E-state index in [0.29, 0.717) is 0 Å². The summed E-state index contributed by atoms with van der Waals surface area (Å²) >= 11 is 0. The molecule has 0 unspecified atom stereocenters. The van der Waals surface area contributed by atoms with Crippen LogP contribution in [-0.2, 0) is 0 Å². The number of benzene rings is 2. The third kappa shape index (κ3) is 2.45. The lowest BCUT2D eigenvalue weighted by Gasteiger charge is -2.24. The van der Waals surface area contributed by atoms with Gasteiger partial charge in [-0.25, -0.2) is 4.39 Å². The van der Waals surface area contributed by atoms with Gasteiger partial charge in [-0.2, -0.15) is 0 Å². The van der Waals surface area contributed by atoms with E-state index in [1.807, 2.05) is 43.0 Å². The molecule has 2 aromatic rings. The molecule has 2 nitrogen and oxygen atoms in total. The van der Waals surface area contributed by atoms with Gasteiger partial charge in [0.2, 0.25) is 0 Å². The molecule has 3 heteroatoms. The summed E-state index contributed by atoms with van der Waals surface area (Å²) < 4.78 is 13.3. The Labute approximate surface area is 107 Å². The van der Waals surface area contributed by atoms with Crippen molar-refractivity contribution < 1.29 is 4.39 Å². The predicted octanol–water partition coefficient (Wildman–Crippen LogP) is 3.87. The Kier molecular flexibility index (Phi) is 3.51. The Morgan fingerprint density at radius 2 is 1.83 bits per heavy atom. The molecule has 2 N–H and O–H groups in total. The summed E-state index contributed by atoms with van der Waals surface area (Å²) in [4.78, 5) is 2.03. The number of nitrogens with two attached hydrogens (primary N) is 1. The average molecular weight is 244 g/mol. The van der Waals surface area contributed by atoms with Gasteiger partial charge in [0.25, 0.3) is 0 Å². The summed E-state index contributed by atoms with van der Waals surface area (Å²) in [6, 6.07) is 12.5. The molecule has 18 heavy (non-hydrogen) atoms.